The Morgan fingerprint density at radius 3 is 2.95 bits per heavy atom. The van der Waals surface area contributed by atoms with E-state index >= 15 is 0 Å². The first-order valence-electron chi connectivity index (χ1n) is 7.07. The Bertz CT molecular complexity index is 752. The Labute approximate surface area is 129 Å². The number of thioether (sulfide) groups is 1. The highest BCUT2D eigenvalue weighted by atomic mass is 32.2. The van der Waals surface area contributed by atoms with Crippen molar-refractivity contribution in [1.82, 2.24) is 20.2 Å². The van der Waals surface area contributed by atoms with Gasteiger partial charge in [0.2, 0.25) is 5.16 Å². The van der Waals surface area contributed by atoms with Crippen LogP contribution in [0.1, 0.15) is 30.3 Å². The van der Waals surface area contributed by atoms with E-state index in [-0.39, 0.29) is 6.04 Å². The fourth-order valence-electron chi connectivity index (χ4n) is 2.72. The molecular formula is C14H13F2N5S. The summed E-state index contributed by atoms with van der Waals surface area (Å²) in [4.78, 5) is 0. The van der Waals surface area contributed by atoms with Gasteiger partial charge in [-0.15, -0.1) is 10.2 Å². The van der Waals surface area contributed by atoms with Crippen LogP contribution < -0.4 is 5.32 Å². The van der Waals surface area contributed by atoms with Crippen molar-refractivity contribution in [2.75, 3.05) is 12.3 Å². The second-order valence-electron chi connectivity index (χ2n) is 5.26. The average molecular weight is 321 g/mol. The zero-order chi connectivity index (χ0) is 15.1. The van der Waals surface area contributed by atoms with E-state index in [2.05, 4.69) is 20.6 Å². The Morgan fingerprint density at radius 1 is 1.27 bits per heavy atom. The molecule has 0 amide bonds. The van der Waals surface area contributed by atoms with E-state index in [1.807, 2.05) is 0 Å². The average Bonchev–Trinajstić information content (AvgIpc) is 3.15. The number of aromatic nitrogens is 3. The minimum absolute atomic E-state index is 0.128. The molecule has 0 spiro atoms. The van der Waals surface area contributed by atoms with E-state index in [9.17, 15) is 8.78 Å². The molecule has 0 saturated carbocycles. The van der Waals surface area contributed by atoms with Gasteiger partial charge in [0, 0.05) is 17.4 Å². The number of nitrogens with zero attached hydrogens (tertiary/aromatic N) is 4. The van der Waals surface area contributed by atoms with Crippen LogP contribution in [0.4, 0.5) is 8.78 Å². The summed E-state index contributed by atoms with van der Waals surface area (Å²) in [5.41, 5.74) is 0.882. The number of hydrogen-bond donors (Lipinski definition) is 1. The summed E-state index contributed by atoms with van der Waals surface area (Å²) in [6, 6.07) is 3.67. The van der Waals surface area contributed by atoms with Crippen LogP contribution in [0.3, 0.4) is 0 Å². The summed E-state index contributed by atoms with van der Waals surface area (Å²) in [5.74, 6) is 0.0426. The molecule has 4 rings (SSSR count). The van der Waals surface area contributed by atoms with Gasteiger partial charge in [0.1, 0.15) is 11.6 Å². The molecule has 1 fully saturated rings. The number of halogens is 2. The molecule has 2 aliphatic heterocycles. The molecule has 0 radical (unpaired) electrons. The largest absolute Gasteiger partial charge is 0.307 e. The molecule has 1 N–H and O–H groups in total. The third kappa shape index (κ3) is 2.32. The minimum atomic E-state index is -0.601. The van der Waals surface area contributed by atoms with Gasteiger partial charge >= 0.3 is 0 Å². The van der Waals surface area contributed by atoms with E-state index in [0.29, 0.717) is 22.2 Å². The van der Waals surface area contributed by atoms with Crippen LogP contribution in [0, 0.1) is 11.6 Å². The lowest BCUT2D eigenvalue weighted by molar-refractivity contribution is 0.561. The normalized spacial score (nSPS) is 20.8. The lowest BCUT2D eigenvalue weighted by atomic mass is 10.1. The molecule has 2 aromatic rings. The molecule has 0 bridgehead atoms. The summed E-state index contributed by atoms with van der Waals surface area (Å²) >= 11 is 1.45. The van der Waals surface area contributed by atoms with Crippen LogP contribution in [0.5, 0.6) is 0 Å². The number of benzene rings is 1. The van der Waals surface area contributed by atoms with Crippen molar-refractivity contribution < 1.29 is 8.78 Å². The third-order valence-corrected chi connectivity index (χ3v) is 4.74. The van der Waals surface area contributed by atoms with Crippen molar-refractivity contribution in [2.45, 2.75) is 24.0 Å². The Kier molecular flexibility index (Phi) is 3.42. The van der Waals surface area contributed by atoms with Crippen LogP contribution in [-0.4, -0.2) is 32.9 Å². The molecule has 3 heterocycles. The fourth-order valence-corrected chi connectivity index (χ4v) is 3.55. The summed E-state index contributed by atoms with van der Waals surface area (Å²) in [7, 11) is 0. The fraction of sp³-hybridized carbons (Fsp3) is 0.357. The molecule has 114 valence electrons. The highest BCUT2D eigenvalue weighted by Gasteiger charge is 2.27. The number of hydrogen-bond acceptors (Lipinski definition) is 5. The molecule has 22 heavy (non-hydrogen) atoms. The maximum absolute atomic E-state index is 14.0. The van der Waals surface area contributed by atoms with Crippen molar-refractivity contribution in [2.24, 2.45) is 5.10 Å². The van der Waals surface area contributed by atoms with Gasteiger partial charge in [0.05, 0.1) is 11.8 Å². The Morgan fingerprint density at radius 2 is 2.18 bits per heavy atom. The molecule has 1 aromatic carbocycles. The first-order chi connectivity index (χ1) is 10.7. The van der Waals surface area contributed by atoms with Crippen molar-refractivity contribution in [3.05, 3.63) is 41.2 Å². The predicted molar refractivity (Wildman–Crippen MR) is 79.0 cm³/mol. The lowest BCUT2D eigenvalue weighted by Gasteiger charge is -2.16. The first kappa shape index (κ1) is 13.8. The smallest absolute Gasteiger partial charge is 0.212 e. The summed E-state index contributed by atoms with van der Waals surface area (Å²) in [6.45, 7) is 0.948. The minimum Gasteiger partial charge on any atom is -0.307 e. The SMILES string of the molecule is Fc1ccc(C2=Nn3c(nnc3C3CCCN3)SC2)c(F)c1. The van der Waals surface area contributed by atoms with Gasteiger partial charge in [0.25, 0.3) is 0 Å². The monoisotopic (exact) mass is 321 g/mol. The van der Waals surface area contributed by atoms with Crippen LogP contribution in [0.2, 0.25) is 0 Å². The highest BCUT2D eigenvalue weighted by molar-refractivity contribution is 7.99. The standard InChI is InChI=1S/C14H13F2N5S/c15-8-3-4-9(10(16)6-8)12-7-22-14-19-18-13(21(14)20-12)11-2-1-5-17-11/h3-4,6,11,17H,1-2,5,7H2. The molecular weight excluding hydrogens is 308 g/mol. The van der Waals surface area contributed by atoms with Crippen LogP contribution in [0.15, 0.2) is 28.5 Å². The van der Waals surface area contributed by atoms with Crippen LogP contribution in [-0.2, 0) is 0 Å². The van der Waals surface area contributed by atoms with Gasteiger partial charge in [0.15, 0.2) is 5.82 Å². The second kappa shape index (κ2) is 5.44. The van der Waals surface area contributed by atoms with E-state index in [0.717, 1.165) is 31.3 Å². The zero-order valence-electron chi connectivity index (χ0n) is 11.6. The second-order valence-corrected chi connectivity index (χ2v) is 6.20. The molecule has 2 aliphatic rings. The van der Waals surface area contributed by atoms with E-state index in [4.69, 9.17) is 0 Å². The third-order valence-electron chi connectivity index (χ3n) is 3.81. The number of rotatable bonds is 2. The van der Waals surface area contributed by atoms with Gasteiger partial charge in [-0.2, -0.15) is 9.78 Å². The molecule has 1 saturated heterocycles. The quantitative estimate of drug-likeness (QED) is 0.922. The van der Waals surface area contributed by atoms with Gasteiger partial charge in [-0.05, 0) is 31.5 Å². The molecule has 1 unspecified atom stereocenters. The van der Waals surface area contributed by atoms with Gasteiger partial charge in [-0.25, -0.2) is 8.78 Å². The molecule has 0 aliphatic carbocycles. The summed E-state index contributed by atoms with van der Waals surface area (Å²) < 4.78 is 28.7. The van der Waals surface area contributed by atoms with E-state index in [1.54, 1.807) is 4.68 Å². The maximum atomic E-state index is 14.0. The molecule has 8 heteroatoms. The molecule has 5 nitrogen and oxygen atoms in total. The Hall–Kier alpha value is -1.80. The van der Waals surface area contributed by atoms with Gasteiger partial charge in [-0.1, -0.05) is 11.8 Å². The zero-order valence-corrected chi connectivity index (χ0v) is 12.4. The van der Waals surface area contributed by atoms with Crippen molar-refractivity contribution in [3.63, 3.8) is 0 Å². The predicted octanol–water partition coefficient (Wildman–Crippen LogP) is 2.34. The van der Waals surface area contributed by atoms with Crippen LogP contribution in [0.25, 0.3) is 0 Å². The van der Waals surface area contributed by atoms with Crippen molar-refractivity contribution in [1.29, 1.82) is 0 Å². The summed E-state index contributed by atoms with van der Waals surface area (Å²) in [5, 5.41) is 16.9. The summed E-state index contributed by atoms with van der Waals surface area (Å²) in [6.07, 6.45) is 2.07. The topological polar surface area (TPSA) is 55.1 Å². The maximum Gasteiger partial charge on any atom is 0.212 e. The van der Waals surface area contributed by atoms with E-state index in [1.165, 1.54) is 23.9 Å². The van der Waals surface area contributed by atoms with Crippen molar-refractivity contribution in [3.8, 4) is 0 Å². The number of nitrogens with one attached hydrogen (secondary N) is 1. The van der Waals surface area contributed by atoms with Crippen LogP contribution >= 0.6 is 11.8 Å². The lowest BCUT2D eigenvalue weighted by Crippen LogP contribution is -2.20. The number of fused-ring (bicyclic) bond motifs is 1. The van der Waals surface area contributed by atoms with Gasteiger partial charge in [-0.3, -0.25) is 0 Å². The molecule has 1 atom stereocenters. The Balaban J connectivity index is 1.75. The highest BCUT2D eigenvalue weighted by Crippen LogP contribution is 2.29. The van der Waals surface area contributed by atoms with E-state index < -0.39 is 11.6 Å². The molecule has 1 aromatic heterocycles. The van der Waals surface area contributed by atoms with Gasteiger partial charge < -0.3 is 5.32 Å². The first-order valence-corrected chi connectivity index (χ1v) is 8.06. The van der Waals surface area contributed by atoms with Crippen molar-refractivity contribution >= 4 is 17.5 Å².